The Balaban J connectivity index is 3.97. The van der Waals surface area contributed by atoms with E-state index in [0.29, 0.717) is 13.0 Å². The van der Waals surface area contributed by atoms with Gasteiger partial charge in [-0.3, -0.25) is 0 Å². The highest BCUT2D eigenvalue weighted by atomic mass is 16.6. The van der Waals surface area contributed by atoms with Crippen LogP contribution in [0.15, 0.2) is 0 Å². The molecule has 0 heterocycles. The normalized spacial score (nSPS) is 11.7. The molecular formula is C11H20N2O2. The van der Waals surface area contributed by atoms with Crippen molar-refractivity contribution in [2.45, 2.75) is 46.6 Å². The van der Waals surface area contributed by atoms with Gasteiger partial charge in [0.05, 0.1) is 6.07 Å². The van der Waals surface area contributed by atoms with Crippen LogP contribution in [-0.2, 0) is 4.74 Å². The molecule has 0 unspecified atom stereocenters. The Morgan fingerprint density at radius 1 is 1.33 bits per heavy atom. The van der Waals surface area contributed by atoms with Crippen LogP contribution >= 0.6 is 0 Å². The Hall–Kier alpha value is -1.24. The van der Waals surface area contributed by atoms with Gasteiger partial charge in [0.2, 0.25) is 0 Å². The molecule has 4 nitrogen and oxygen atoms in total. The van der Waals surface area contributed by atoms with Gasteiger partial charge in [0, 0.05) is 13.0 Å². The lowest BCUT2D eigenvalue weighted by atomic mass is 9.90. The number of nitrogens with one attached hydrogen (secondary N) is 1. The summed E-state index contributed by atoms with van der Waals surface area (Å²) in [4.78, 5) is 11.3. The van der Waals surface area contributed by atoms with E-state index in [2.05, 4.69) is 11.4 Å². The number of alkyl carbamates (subject to hydrolysis) is 1. The molecular weight excluding hydrogens is 192 g/mol. The smallest absolute Gasteiger partial charge is 0.407 e. The predicted molar refractivity (Wildman–Crippen MR) is 58.2 cm³/mol. The average Bonchev–Trinajstić information content (AvgIpc) is 1.98. The standard InChI is InChI=1S/C11H20N2O2/c1-10(2,3)15-9(14)13-8-11(4,5)6-7-12/h6,8H2,1-5H3,(H,13,14). The van der Waals surface area contributed by atoms with E-state index in [4.69, 9.17) is 10.00 Å². The van der Waals surface area contributed by atoms with Crippen LogP contribution in [0, 0.1) is 16.7 Å². The lowest BCUT2D eigenvalue weighted by Crippen LogP contribution is -2.37. The van der Waals surface area contributed by atoms with E-state index < -0.39 is 11.7 Å². The third-order valence-corrected chi connectivity index (χ3v) is 1.67. The highest BCUT2D eigenvalue weighted by Gasteiger charge is 2.21. The highest BCUT2D eigenvalue weighted by molar-refractivity contribution is 5.67. The maximum absolute atomic E-state index is 11.3. The minimum Gasteiger partial charge on any atom is -0.444 e. The van der Waals surface area contributed by atoms with Gasteiger partial charge in [-0.25, -0.2) is 4.79 Å². The average molecular weight is 212 g/mol. The summed E-state index contributed by atoms with van der Waals surface area (Å²) >= 11 is 0. The first-order chi connectivity index (χ1) is 6.66. The first-order valence-electron chi connectivity index (χ1n) is 5.00. The van der Waals surface area contributed by atoms with Crippen molar-refractivity contribution in [3.05, 3.63) is 0 Å². The first-order valence-corrected chi connectivity index (χ1v) is 5.00. The van der Waals surface area contributed by atoms with Crippen molar-refractivity contribution in [2.75, 3.05) is 6.54 Å². The van der Waals surface area contributed by atoms with Crippen LogP contribution < -0.4 is 5.32 Å². The zero-order chi connectivity index (χ0) is 12.1. The second-order valence-corrected chi connectivity index (χ2v) is 5.35. The summed E-state index contributed by atoms with van der Waals surface area (Å²) in [6.45, 7) is 9.73. The molecule has 0 aliphatic heterocycles. The molecule has 0 aromatic rings. The Labute approximate surface area is 91.6 Å². The molecule has 4 heteroatoms. The Morgan fingerprint density at radius 2 is 1.87 bits per heavy atom. The summed E-state index contributed by atoms with van der Waals surface area (Å²) in [5.41, 5.74) is -0.699. The molecule has 0 saturated carbocycles. The van der Waals surface area contributed by atoms with Crippen LogP contribution in [0.4, 0.5) is 4.79 Å². The molecule has 0 rings (SSSR count). The van der Waals surface area contributed by atoms with E-state index in [-0.39, 0.29) is 5.41 Å². The third kappa shape index (κ3) is 7.80. The largest absolute Gasteiger partial charge is 0.444 e. The van der Waals surface area contributed by atoms with E-state index in [9.17, 15) is 4.79 Å². The number of nitriles is 1. The number of hydrogen-bond acceptors (Lipinski definition) is 3. The molecule has 0 spiro atoms. The molecule has 86 valence electrons. The van der Waals surface area contributed by atoms with E-state index in [1.807, 2.05) is 34.6 Å². The Bertz CT molecular complexity index is 259. The predicted octanol–water partition coefficient (Wildman–Crippen LogP) is 2.45. The highest BCUT2D eigenvalue weighted by Crippen LogP contribution is 2.18. The minimum absolute atomic E-state index is 0.217. The molecule has 0 bridgehead atoms. The lowest BCUT2D eigenvalue weighted by Gasteiger charge is -2.24. The van der Waals surface area contributed by atoms with E-state index in [1.54, 1.807) is 0 Å². The van der Waals surface area contributed by atoms with Gasteiger partial charge < -0.3 is 10.1 Å². The number of amides is 1. The third-order valence-electron chi connectivity index (χ3n) is 1.67. The molecule has 0 radical (unpaired) electrons. The fraction of sp³-hybridized carbons (Fsp3) is 0.818. The van der Waals surface area contributed by atoms with Gasteiger partial charge in [-0.2, -0.15) is 5.26 Å². The van der Waals surface area contributed by atoms with Gasteiger partial charge in [0.25, 0.3) is 0 Å². The number of carbonyl (C=O) groups is 1. The van der Waals surface area contributed by atoms with Crippen LogP contribution in [0.25, 0.3) is 0 Å². The molecule has 15 heavy (non-hydrogen) atoms. The molecule has 1 amide bonds. The maximum atomic E-state index is 11.3. The summed E-state index contributed by atoms with van der Waals surface area (Å²) in [6.07, 6.45) is -0.0310. The molecule has 0 aliphatic rings. The van der Waals surface area contributed by atoms with Crippen molar-refractivity contribution in [2.24, 2.45) is 5.41 Å². The Morgan fingerprint density at radius 3 is 2.27 bits per heavy atom. The molecule has 0 aromatic heterocycles. The summed E-state index contributed by atoms with van der Waals surface area (Å²) < 4.78 is 5.08. The number of hydrogen-bond donors (Lipinski definition) is 1. The van der Waals surface area contributed by atoms with Crippen molar-refractivity contribution in [3.63, 3.8) is 0 Å². The fourth-order valence-electron chi connectivity index (χ4n) is 0.902. The number of nitrogens with zero attached hydrogens (tertiary/aromatic N) is 1. The summed E-state index contributed by atoms with van der Waals surface area (Å²) in [7, 11) is 0. The summed E-state index contributed by atoms with van der Waals surface area (Å²) in [5, 5.41) is 11.2. The van der Waals surface area contributed by atoms with Crippen LogP contribution in [-0.4, -0.2) is 18.2 Å². The second-order valence-electron chi connectivity index (χ2n) is 5.35. The van der Waals surface area contributed by atoms with Gasteiger partial charge in [0.1, 0.15) is 5.60 Å². The van der Waals surface area contributed by atoms with Gasteiger partial charge in [-0.15, -0.1) is 0 Å². The van der Waals surface area contributed by atoms with E-state index in [1.165, 1.54) is 0 Å². The van der Waals surface area contributed by atoms with E-state index >= 15 is 0 Å². The molecule has 0 fully saturated rings. The first kappa shape index (κ1) is 13.8. The van der Waals surface area contributed by atoms with Crippen LogP contribution in [0.5, 0.6) is 0 Å². The monoisotopic (exact) mass is 212 g/mol. The fourth-order valence-corrected chi connectivity index (χ4v) is 0.902. The van der Waals surface area contributed by atoms with Gasteiger partial charge >= 0.3 is 6.09 Å². The zero-order valence-electron chi connectivity index (χ0n) is 10.2. The van der Waals surface area contributed by atoms with Gasteiger partial charge in [-0.1, -0.05) is 13.8 Å². The quantitative estimate of drug-likeness (QED) is 0.781. The molecule has 0 aromatic carbocycles. The van der Waals surface area contributed by atoms with Crippen LogP contribution in [0.1, 0.15) is 41.0 Å². The van der Waals surface area contributed by atoms with Crippen LogP contribution in [0.3, 0.4) is 0 Å². The summed E-state index contributed by atoms with van der Waals surface area (Å²) in [6, 6.07) is 2.09. The minimum atomic E-state index is -0.483. The van der Waals surface area contributed by atoms with Crippen LogP contribution in [0.2, 0.25) is 0 Å². The van der Waals surface area contributed by atoms with Crippen molar-refractivity contribution < 1.29 is 9.53 Å². The van der Waals surface area contributed by atoms with Crippen molar-refractivity contribution in [1.82, 2.24) is 5.32 Å². The van der Waals surface area contributed by atoms with Gasteiger partial charge in [0.15, 0.2) is 0 Å². The SMILES string of the molecule is CC(C)(CC#N)CNC(=O)OC(C)(C)C. The topological polar surface area (TPSA) is 62.1 Å². The molecule has 0 aliphatic carbocycles. The number of ether oxygens (including phenoxy) is 1. The summed E-state index contributed by atoms with van der Waals surface area (Å²) in [5.74, 6) is 0. The number of carbonyl (C=O) groups excluding carboxylic acids is 1. The second kappa shape index (κ2) is 5.01. The molecule has 0 saturated heterocycles. The van der Waals surface area contributed by atoms with Crippen molar-refractivity contribution in [1.29, 1.82) is 5.26 Å². The maximum Gasteiger partial charge on any atom is 0.407 e. The zero-order valence-corrected chi connectivity index (χ0v) is 10.2. The Kier molecular flexibility index (Phi) is 4.60. The van der Waals surface area contributed by atoms with Crippen molar-refractivity contribution >= 4 is 6.09 Å². The number of rotatable bonds is 3. The van der Waals surface area contributed by atoms with E-state index in [0.717, 1.165) is 0 Å². The molecule has 1 N–H and O–H groups in total. The van der Waals surface area contributed by atoms with Gasteiger partial charge in [-0.05, 0) is 26.2 Å². The molecule has 0 atom stereocenters. The lowest BCUT2D eigenvalue weighted by molar-refractivity contribution is 0.0507. The van der Waals surface area contributed by atoms with Crippen molar-refractivity contribution in [3.8, 4) is 6.07 Å².